The van der Waals surface area contributed by atoms with Crippen LogP contribution in [0.5, 0.6) is 0 Å². The Bertz CT molecular complexity index is 200. The molecule has 0 spiro atoms. The summed E-state index contributed by atoms with van der Waals surface area (Å²) in [6, 6.07) is 0. The molecule has 0 amide bonds. The van der Waals surface area contributed by atoms with Crippen LogP contribution in [0.15, 0.2) is 11.7 Å². The molecule has 0 saturated carbocycles. The molecule has 6 nitrogen and oxygen atoms in total. The summed E-state index contributed by atoms with van der Waals surface area (Å²) in [5.41, 5.74) is 0. The Morgan fingerprint density at radius 1 is 1.25 bits per heavy atom. The van der Waals surface area contributed by atoms with E-state index in [1.165, 1.54) is 0 Å². The van der Waals surface area contributed by atoms with Crippen LogP contribution >= 0.6 is 0 Å². The van der Waals surface area contributed by atoms with Crippen molar-refractivity contribution in [1.29, 1.82) is 0 Å². The maximum absolute atomic E-state index is 9.09. The average molecular weight is 178 g/mol. The highest BCUT2D eigenvalue weighted by atomic mass is 16.6. The molecule has 0 aromatic carbocycles. The third-order valence-electron chi connectivity index (χ3n) is 1.65. The molecule has 1 unspecified atom stereocenters. The van der Waals surface area contributed by atoms with Gasteiger partial charge in [0.05, 0.1) is 6.61 Å². The van der Waals surface area contributed by atoms with E-state index in [4.69, 9.17) is 25.5 Å². The largest absolute Gasteiger partial charge is 0.504 e. The molecule has 0 aromatic rings. The maximum Gasteiger partial charge on any atom is 0.319 e. The molecule has 6 heteroatoms. The second-order valence-corrected chi connectivity index (χ2v) is 2.46. The molecule has 1 aliphatic heterocycles. The molecule has 1 rings (SSSR count). The highest BCUT2D eigenvalue weighted by Crippen LogP contribution is 2.20. The quantitative estimate of drug-likeness (QED) is 0.330. The van der Waals surface area contributed by atoms with Gasteiger partial charge in [-0.3, -0.25) is 0 Å². The molecule has 70 valence electrons. The summed E-state index contributed by atoms with van der Waals surface area (Å²) in [6.07, 6.45) is -4.17. The molecule has 0 bridgehead atoms. The molecular weight excluding hydrogens is 168 g/mol. The number of aliphatic hydroxyl groups excluding tert-OH is 5. The van der Waals surface area contributed by atoms with Crippen molar-refractivity contribution in [3.8, 4) is 0 Å². The molecule has 0 fully saturated rings. The molecule has 1 heterocycles. The van der Waals surface area contributed by atoms with Gasteiger partial charge < -0.3 is 30.3 Å². The van der Waals surface area contributed by atoms with Gasteiger partial charge in [-0.1, -0.05) is 0 Å². The molecule has 1 aliphatic rings. The lowest BCUT2D eigenvalue weighted by Gasteiger charge is -2.29. The topological polar surface area (TPSA) is 110 Å². The number of rotatable bonds is 1. The minimum absolute atomic E-state index is 0.560. The van der Waals surface area contributed by atoms with Crippen LogP contribution in [-0.2, 0) is 4.74 Å². The lowest BCUT2D eigenvalue weighted by Crippen LogP contribution is -2.46. The van der Waals surface area contributed by atoms with Crippen LogP contribution in [0.1, 0.15) is 0 Å². The highest BCUT2D eigenvalue weighted by Gasteiger charge is 2.37. The third kappa shape index (κ3) is 1.31. The van der Waals surface area contributed by atoms with Crippen LogP contribution in [0.25, 0.3) is 0 Å². The summed E-state index contributed by atoms with van der Waals surface area (Å²) in [5.74, 6) is -1.70. The van der Waals surface area contributed by atoms with Crippen molar-refractivity contribution in [2.75, 3.05) is 6.61 Å². The first-order valence-corrected chi connectivity index (χ1v) is 3.33. The van der Waals surface area contributed by atoms with Crippen LogP contribution < -0.4 is 0 Å². The summed E-state index contributed by atoms with van der Waals surface area (Å²) in [7, 11) is 0. The fourth-order valence-electron chi connectivity index (χ4n) is 0.910. The monoisotopic (exact) mass is 178 g/mol. The number of hydrogen-bond acceptors (Lipinski definition) is 6. The van der Waals surface area contributed by atoms with E-state index < -0.39 is 36.6 Å². The number of ether oxygens (including phenoxy) is 1. The van der Waals surface area contributed by atoms with Gasteiger partial charge >= 0.3 is 5.95 Å². The minimum Gasteiger partial charge on any atom is -0.504 e. The second-order valence-electron chi connectivity index (χ2n) is 2.46. The summed E-state index contributed by atoms with van der Waals surface area (Å²) < 4.78 is 4.46. The van der Waals surface area contributed by atoms with Crippen molar-refractivity contribution in [2.24, 2.45) is 0 Å². The van der Waals surface area contributed by atoms with Gasteiger partial charge in [-0.15, -0.1) is 0 Å². The highest BCUT2D eigenvalue weighted by molar-refractivity contribution is 5.07. The third-order valence-corrected chi connectivity index (χ3v) is 1.65. The Hall–Kier alpha value is -0.980. The predicted octanol–water partition coefficient (Wildman–Crippen LogP) is -1.62. The number of hydrogen-bond donors (Lipinski definition) is 5. The van der Waals surface area contributed by atoms with Crippen molar-refractivity contribution in [2.45, 2.75) is 18.3 Å². The lowest BCUT2D eigenvalue weighted by molar-refractivity contribution is -0.137. The van der Waals surface area contributed by atoms with Crippen LogP contribution in [0, 0.1) is 0 Å². The van der Waals surface area contributed by atoms with Gasteiger partial charge in [-0.25, -0.2) is 0 Å². The zero-order valence-electron chi connectivity index (χ0n) is 6.08. The van der Waals surface area contributed by atoms with Crippen LogP contribution in [0.2, 0.25) is 0 Å². The molecular formula is C6H10O6. The van der Waals surface area contributed by atoms with Gasteiger partial charge in [0.2, 0.25) is 5.76 Å². The van der Waals surface area contributed by atoms with Crippen LogP contribution in [0.4, 0.5) is 0 Å². The SMILES string of the molecule is OC[C@H]1OC(O)=C(O)C(O)[C@H]1O. The van der Waals surface area contributed by atoms with Crippen molar-refractivity contribution in [3.63, 3.8) is 0 Å². The summed E-state index contributed by atoms with van der Waals surface area (Å²) >= 11 is 0. The second kappa shape index (κ2) is 3.18. The molecule has 0 aliphatic carbocycles. The van der Waals surface area contributed by atoms with Crippen LogP contribution in [0.3, 0.4) is 0 Å². The predicted molar refractivity (Wildman–Crippen MR) is 36.3 cm³/mol. The van der Waals surface area contributed by atoms with Crippen molar-refractivity contribution in [3.05, 3.63) is 11.7 Å². The molecule has 0 saturated heterocycles. The zero-order chi connectivity index (χ0) is 9.30. The van der Waals surface area contributed by atoms with Gasteiger partial charge in [-0.2, -0.15) is 0 Å². The Balaban J connectivity index is 2.83. The van der Waals surface area contributed by atoms with E-state index in [-0.39, 0.29) is 0 Å². The molecule has 0 radical (unpaired) electrons. The van der Waals surface area contributed by atoms with E-state index in [1.54, 1.807) is 0 Å². The van der Waals surface area contributed by atoms with E-state index in [9.17, 15) is 0 Å². The van der Waals surface area contributed by atoms with Gasteiger partial charge in [-0.05, 0) is 0 Å². The van der Waals surface area contributed by atoms with Gasteiger partial charge in [0.25, 0.3) is 0 Å². The van der Waals surface area contributed by atoms with Crippen molar-refractivity contribution >= 4 is 0 Å². The normalized spacial score (nSPS) is 36.4. The first-order chi connectivity index (χ1) is 5.57. The smallest absolute Gasteiger partial charge is 0.319 e. The first kappa shape index (κ1) is 9.11. The molecule has 0 aromatic heterocycles. The summed E-state index contributed by atoms with van der Waals surface area (Å²) in [6.45, 7) is -0.560. The molecule has 3 atom stereocenters. The first-order valence-electron chi connectivity index (χ1n) is 3.33. The van der Waals surface area contributed by atoms with E-state index in [1.807, 2.05) is 0 Å². The lowest BCUT2D eigenvalue weighted by atomic mass is 10.1. The summed E-state index contributed by atoms with van der Waals surface area (Å²) in [4.78, 5) is 0. The Labute approximate surface area is 68.0 Å². The van der Waals surface area contributed by atoms with E-state index in [0.717, 1.165) is 0 Å². The van der Waals surface area contributed by atoms with E-state index in [0.29, 0.717) is 0 Å². The molecule has 5 N–H and O–H groups in total. The fourth-order valence-corrected chi connectivity index (χ4v) is 0.910. The van der Waals surface area contributed by atoms with Crippen LogP contribution in [-0.4, -0.2) is 50.5 Å². The zero-order valence-corrected chi connectivity index (χ0v) is 6.08. The average Bonchev–Trinajstić information content (AvgIpc) is 2.08. The standard InChI is InChI=1S/C6H10O6/c7-1-2-3(8)4(9)5(10)6(11)12-2/h2-4,7-11H,1H2/t2-,3+,4?/m1/s1. The van der Waals surface area contributed by atoms with Crippen molar-refractivity contribution < 1.29 is 30.3 Å². The van der Waals surface area contributed by atoms with E-state index in [2.05, 4.69) is 4.74 Å². The fraction of sp³-hybridized carbons (Fsp3) is 0.667. The molecule has 12 heavy (non-hydrogen) atoms. The van der Waals surface area contributed by atoms with Crippen molar-refractivity contribution in [1.82, 2.24) is 0 Å². The number of aliphatic hydroxyl groups is 5. The van der Waals surface area contributed by atoms with Gasteiger partial charge in [0, 0.05) is 0 Å². The van der Waals surface area contributed by atoms with Gasteiger partial charge in [0.15, 0.2) is 6.10 Å². The van der Waals surface area contributed by atoms with E-state index >= 15 is 0 Å². The Kier molecular flexibility index (Phi) is 2.41. The Morgan fingerprint density at radius 2 is 1.83 bits per heavy atom. The minimum atomic E-state index is -1.61. The van der Waals surface area contributed by atoms with Gasteiger partial charge in [0.1, 0.15) is 12.2 Å². The Morgan fingerprint density at radius 3 is 2.33 bits per heavy atom. The maximum atomic E-state index is 9.09. The summed E-state index contributed by atoms with van der Waals surface area (Å²) in [5, 5.41) is 44.3.